The van der Waals surface area contributed by atoms with Crippen molar-refractivity contribution in [3.05, 3.63) is 86.9 Å². The molecule has 10 nitrogen and oxygen atoms in total. The van der Waals surface area contributed by atoms with Gasteiger partial charge >= 0.3 is 11.9 Å². The summed E-state index contributed by atoms with van der Waals surface area (Å²) in [7, 11) is 6.21. The van der Waals surface area contributed by atoms with Gasteiger partial charge in [-0.25, -0.2) is 4.79 Å². The third-order valence-corrected chi connectivity index (χ3v) is 11.1. The Morgan fingerprint density at radius 2 is 1.65 bits per heavy atom. The van der Waals surface area contributed by atoms with Gasteiger partial charge in [0.15, 0.2) is 11.5 Å². The lowest BCUT2D eigenvalue weighted by atomic mass is 9.72. The maximum absolute atomic E-state index is 13.7. The molecular weight excluding hydrogens is 719 g/mol. The second kappa shape index (κ2) is 17.5. The van der Waals surface area contributed by atoms with Crippen LogP contribution in [-0.4, -0.2) is 94.1 Å². The first-order valence-electron chi connectivity index (χ1n) is 16.8. The number of rotatable bonds is 13. The maximum Gasteiger partial charge on any atom is 0.397 e. The zero-order chi connectivity index (χ0) is 36.1. The minimum atomic E-state index is -1.16. The van der Waals surface area contributed by atoms with E-state index in [1.165, 1.54) is 23.1 Å². The average molecular weight is 766 g/mol. The van der Waals surface area contributed by atoms with Gasteiger partial charge in [0, 0.05) is 19.0 Å². The number of esters is 1. The van der Waals surface area contributed by atoms with Crippen molar-refractivity contribution in [2.75, 3.05) is 61.2 Å². The highest BCUT2D eigenvalue weighted by Crippen LogP contribution is 2.47. The fourth-order valence-electron chi connectivity index (χ4n) is 7.51. The van der Waals surface area contributed by atoms with Gasteiger partial charge in [-0.05, 0) is 92.2 Å². The lowest BCUT2D eigenvalue weighted by Crippen LogP contribution is -2.55. The van der Waals surface area contributed by atoms with Gasteiger partial charge in [-0.1, -0.05) is 53.5 Å². The Bertz CT molecular complexity index is 1660. The summed E-state index contributed by atoms with van der Waals surface area (Å²) in [6.07, 6.45) is 2.25. The molecule has 0 bridgehead atoms. The SMILES string of the molecule is CCOC(=O)C(=O)N(C)C(CCN1CCC2(CC1)c1ccccc1C[C@@H]2O)(COCc1cc(OC)c(OC)c(OC)c1)c1ccc(Cl)c(Cl)c1.Cl. The van der Waals surface area contributed by atoms with Crippen LogP contribution in [-0.2, 0) is 43.0 Å². The number of carbonyl (C=O) groups excluding carboxylic acids is 2. The molecule has 0 saturated carbocycles. The van der Waals surface area contributed by atoms with Crippen molar-refractivity contribution in [2.24, 2.45) is 0 Å². The summed E-state index contributed by atoms with van der Waals surface area (Å²) < 4.78 is 28.1. The van der Waals surface area contributed by atoms with Crippen LogP contribution in [0.15, 0.2) is 54.6 Å². The highest BCUT2D eigenvalue weighted by molar-refractivity contribution is 6.42. The van der Waals surface area contributed by atoms with Gasteiger partial charge in [-0.15, -0.1) is 12.4 Å². The minimum Gasteiger partial charge on any atom is -0.493 e. The van der Waals surface area contributed by atoms with Crippen LogP contribution in [0, 0.1) is 0 Å². The van der Waals surface area contributed by atoms with Crippen LogP contribution in [0.25, 0.3) is 0 Å². The number of methoxy groups -OCH3 is 3. The number of piperidine rings is 1. The molecule has 1 N–H and O–H groups in total. The molecule has 1 aliphatic heterocycles. The third kappa shape index (κ3) is 8.22. The molecule has 13 heteroatoms. The predicted molar refractivity (Wildman–Crippen MR) is 199 cm³/mol. The third-order valence-electron chi connectivity index (χ3n) is 10.4. The highest BCUT2D eigenvalue weighted by Gasteiger charge is 2.48. The molecular formula is C38H47Cl3N2O8. The van der Waals surface area contributed by atoms with E-state index in [4.69, 9.17) is 46.9 Å². The lowest BCUT2D eigenvalue weighted by molar-refractivity contribution is -0.164. The van der Waals surface area contributed by atoms with E-state index in [0.717, 1.165) is 31.5 Å². The Hall–Kier alpha value is -3.25. The molecule has 51 heavy (non-hydrogen) atoms. The normalized spacial score (nSPS) is 17.5. The number of carbonyl (C=O) groups is 2. The topological polar surface area (TPSA) is 107 Å². The molecule has 1 unspecified atom stereocenters. The Kier molecular flexibility index (Phi) is 13.9. The number of halogens is 3. The van der Waals surface area contributed by atoms with E-state index >= 15 is 0 Å². The van der Waals surface area contributed by atoms with Crippen molar-refractivity contribution in [1.29, 1.82) is 0 Å². The molecule has 1 amide bonds. The molecule has 1 heterocycles. The van der Waals surface area contributed by atoms with E-state index in [2.05, 4.69) is 17.0 Å². The number of ether oxygens (including phenoxy) is 5. The number of aliphatic hydroxyl groups excluding tert-OH is 1. The van der Waals surface area contributed by atoms with Crippen molar-refractivity contribution in [3.63, 3.8) is 0 Å². The standard InChI is InChI=1S/C38H46Cl2N2O8.ClH/c1-6-50-36(45)35(44)41(2)38(27-11-12-29(39)30(40)22-27,24-49-23-25-19-31(46-3)34(48-5)32(20-25)47-4)15-18-42-16-13-37(14-17-42)28-10-8-7-9-26(28)21-33(37)43;/h7-12,19-20,22,33,43H,6,13-18,21,23-24H2,1-5H3;1H/t33-,38?;/m0./s1. The first kappa shape index (κ1) is 40.5. The van der Waals surface area contributed by atoms with Crippen LogP contribution < -0.4 is 14.2 Å². The minimum absolute atomic E-state index is 0. The first-order chi connectivity index (χ1) is 24.0. The predicted octanol–water partition coefficient (Wildman–Crippen LogP) is 6.22. The summed E-state index contributed by atoms with van der Waals surface area (Å²) in [6, 6.07) is 17.1. The van der Waals surface area contributed by atoms with Gasteiger partial charge in [-0.2, -0.15) is 0 Å². The summed E-state index contributed by atoms with van der Waals surface area (Å²) in [5.74, 6) is -0.349. The number of hydrogen-bond donors (Lipinski definition) is 1. The van der Waals surface area contributed by atoms with Gasteiger partial charge in [0.05, 0.1) is 62.8 Å². The summed E-state index contributed by atoms with van der Waals surface area (Å²) in [4.78, 5) is 30.3. The average Bonchev–Trinajstić information content (AvgIpc) is 3.40. The second-order valence-corrected chi connectivity index (χ2v) is 13.7. The molecule has 278 valence electrons. The van der Waals surface area contributed by atoms with Crippen LogP contribution in [0.3, 0.4) is 0 Å². The molecule has 1 aliphatic carbocycles. The highest BCUT2D eigenvalue weighted by atomic mass is 35.5. The van der Waals surface area contributed by atoms with Crippen molar-refractivity contribution in [1.82, 2.24) is 9.80 Å². The largest absolute Gasteiger partial charge is 0.493 e. The Morgan fingerprint density at radius 1 is 0.980 bits per heavy atom. The maximum atomic E-state index is 13.7. The molecule has 3 aromatic rings. The van der Waals surface area contributed by atoms with E-state index in [-0.39, 0.29) is 37.6 Å². The Balaban J connectivity index is 0.00000583. The van der Waals surface area contributed by atoms with Crippen LogP contribution in [0.5, 0.6) is 17.2 Å². The number of amides is 1. The fourth-order valence-corrected chi connectivity index (χ4v) is 7.81. The lowest BCUT2D eigenvalue weighted by Gasteiger charge is -2.45. The smallest absolute Gasteiger partial charge is 0.397 e. The molecule has 5 rings (SSSR count). The number of likely N-dealkylation sites (N-methyl/N-ethyl adjacent to an activating group) is 1. The Morgan fingerprint density at radius 3 is 2.25 bits per heavy atom. The summed E-state index contributed by atoms with van der Waals surface area (Å²) >= 11 is 12.9. The van der Waals surface area contributed by atoms with E-state index in [1.807, 2.05) is 18.2 Å². The molecule has 2 atom stereocenters. The quantitative estimate of drug-likeness (QED) is 0.161. The first-order valence-corrected chi connectivity index (χ1v) is 17.5. The monoisotopic (exact) mass is 764 g/mol. The molecule has 2 aliphatic rings. The van der Waals surface area contributed by atoms with Gasteiger partial charge in [-0.3, -0.25) is 4.79 Å². The molecule has 0 radical (unpaired) electrons. The van der Waals surface area contributed by atoms with Crippen LogP contribution in [0.1, 0.15) is 48.4 Å². The van der Waals surface area contributed by atoms with Crippen molar-refractivity contribution < 1.29 is 38.4 Å². The molecule has 3 aromatic carbocycles. The van der Waals surface area contributed by atoms with Crippen LogP contribution >= 0.6 is 35.6 Å². The number of benzene rings is 3. The van der Waals surface area contributed by atoms with Crippen LogP contribution in [0.2, 0.25) is 10.0 Å². The van der Waals surface area contributed by atoms with E-state index in [1.54, 1.807) is 52.5 Å². The van der Waals surface area contributed by atoms with Gasteiger partial charge in [0.25, 0.3) is 0 Å². The molecule has 1 spiro atoms. The fraction of sp³-hybridized carbons (Fsp3) is 0.474. The zero-order valence-electron chi connectivity index (χ0n) is 29.7. The van der Waals surface area contributed by atoms with E-state index in [9.17, 15) is 14.7 Å². The van der Waals surface area contributed by atoms with E-state index < -0.39 is 23.5 Å². The Labute approximate surface area is 316 Å². The van der Waals surface area contributed by atoms with Crippen molar-refractivity contribution >= 4 is 47.5 Å². The van der Waals surface area contributed by atoms with Crippen molar-refractivity contribution in [2.45, 2.75) is 56.3 Å². The van der Waals surface area contributed by atoms with Crippen LogP contribution in [0.4, 0.5) is 0 Å². The number of aliphatic hydroxyl groups is 1. The van der Waals surface area contributed by atoms with Crippen molar-refractivity contribution in [3.8, 4) is 17.2 Å². The summed E-state index contributed by atoms with van der Waals surface area (Å²) in [6.45, 7) is 3.93. The molecule has 1 saturated heterocycles. The summed E-state index contributed by atoms with van der Waals surface area (Å²) in [5, 5.41) is 11.9. The van der Waals surface area contributed by atoms with E-state index in [0.29, 0.717) is 52.2 Å². The number of hydrogen-bond acceptors (Lipinski definition) is 9. The number of likely N-dealkylation sites (tertiary alicyclic amines) is 1. The number of nitrogens with zero attached hydrogens (tertiary/aromatic N) is 2. The molecule has 1 fully saturated rings. The zero-order valence-corrected chi connectivity index (χ0v) is 32.0. The summed E-state index contributed by atoms with van der Waals surface area (Å²) in [5.41, 5.74) is 2.44. The van der Waals surface area contributed by atoms with Gasteiger partial charge < -0.3 is 38.6 Å². The van der Waals surface area contributed by atoms with Gasteiger partial charge in [0.1, 0.15) is 0 Å². The number of fused-ring (bicyclic) bond motifs is 2. The second-order valence-electron chi connectivity index (χ2n) is 12.9. The van der Waals surface area contributed by atoms with Gasteiger partial charge in [0.2, 0.25) is 5.75 Å². The molecule has 0 aromatic heterocycles.